The van der Waals surface area contributed by atoms with E-state index in [1.807, 2.05) is 86.6 Å². The van der Waals surface area contributed by atoms with E-state index in [0.29, 0.717) is 40.2 Å². The van der Waals surface area contributed by atoms with Crippen molar-refractivity contribution in [2.24, 2.45) is 0 Å². The third-order valence-electron chi connectivity index (χ3n) is 6.25. The van der Waals surface area contributed by atoms with E-state index in [9.17, 15) is 4.79 Å². The van der Waals surface area contributed by atoms with Crippen molar-refractivity contribution in [3.63, 3.8) is 0 Å². The highest BCUT2D eigenvalue weighted by atomic mass is 16.5. The van der Waals surface area contributed by atoms with Gasteiger partial charge in [0.05, 0.1) is 19.8 Å². The fourth-order valence-electron chi connectivity index (χ4n) is 4.44. The van der Waals surface area contributed by atoms with Crippen molar-refractivity contribution in [3.8, 4) is 22.9 Å². The van der Waals surface area contributed by atoms with E-state index in [1.54, 1.807) is 18.9 Å². The number of rotatable bonds is 6. The molecule has 0 radical (unpaired) electrons. The highest BCUT2D eigenvalue weighted by Crippen LogP contribution is 2.41. The first-order valence-electron chi connectivity index (χ1n) is 11.6. The van der Waals surface area contributed by atoms with Gasteiger partial charge in [-0.25, -0.2) is 4.68 Å². The molecular weight excluding hydrogens is 454 g/mol. The fourth-order valence-corrected chi connectivity index (χ4v) is 4.44. The van der Waals surface area contributed by atoms with E-state index < -0.39 is 6.04 Å². The smallest absolute Gasteiger partial charge is 0.255 e. The standard InChI is InChI=1S/C28H27N5O3/c1-17-10-8-9-13-21(17)26-31-28-29-18(2)24(27(34)30-19-11-6-5-7-12-19)25(33(28)32-26)22-16-20(35-3)14-15-23(22)36-4/h5-16,25H,1-4H3,(H,30,34)(H,29,31,32). The Bertz CT molecular complexity index is 1460. The molecule has 1 unspecified atom stereocenters. The number of aryl methyl sites for hydroxylation is 1. The predicted octanol–water partition coefficient (Wildman–Crippen LogP) is 5.20. The molecule has 0 saturated heterocycles. The zero-order chi connectivity index (χ0) is 25.2. The zero-order valence-electron chi connectivity index (χ0n) is 20.6. The number of nitrogens with one attached hydrogen (secondary N) is 2. The first-order valence-corrected chi connectivity index (χ1v) is 11.6. The number of nitrogens with zero attached hydrogens (tertiary/aromatic N) is 3. The van der Waals surface area contributed by atoms with Crippen LogP contribution in [-0.4, -0.2) is 34.9 Å². The molecule has 3 aromatic carbocycles. The van der Waals surface area contributed by atoms with Gasteiger partial charge in [-0.3, -0.25) is 4.79 Å². The predicted molar refractivity (Wildman–Crippen MR) is 139 cm³/mol. The second-order valence-electron chi connectivity index (χ2n) is 8.51. The number of para-hydroxylation sites is 1. The molecule has 1 amide bonds. The Balaban J connectivity index is 1.68. The lowest BCUT2D eigenvalue weighted by atomic mass is 9.94. The first-order chi connectivity index (χ1) is 17.5. The summed E-state index contributed by atoms with van der Waals surface area (Å²) in [6.45, 7) is 3.89. The number of ether oxygens (including phenoxy) is 2. The molecule has 2 N–H and O–H groups in total. The van der Waals surface area contributed by atoms with Crippen molar-refractivity contribution >= 4 is 17.5 Å². The molecule has 4 aromatic rings. The largest absolute Gasteiger partial charge is 0.497 e. The maximum absolute atomic E-state index is 13.7. The van der Waals surface area contributed by atoms with Gasteiger partial charge in [-0.2, -0.15) is 4.98 Å². The Hall–Kier alpha value is -4.59. The van der Waals surface area contributed by atoms with Crippen LogP contribution in [0.1, 0.15) is 24.1 Å². The molecule has 5 rings (SSSR count). The minimum atomic E-state index is -0.611. The van der Waals surface area contributed by atoms with Gasteiger partial charge >= 0.3 is 0 Å². The van der Waals surface area contributed by atoms with Crippen LogP contribution >= 0.6 is 0 Å². The number of amides is 1. The summed E-state index contributed by atoms with van der Waals surface area (Å²) < 4.78 is 13.0. The van der Waals surface area contributed by atoms with Gasteiger partial charge < -0.3 is 20.1 Å². The molecule has 0 aliphatic carbocycles. The Morgan fingerprint density at radius 1 is 0.972 bits per heavy atom. The molecule has 1 aromatic heterocycles. The Labute approximate surface area is 209 Å². The van der Waals surface area contributed by atoms with Gasteiger partial charge in [-0.05, 0) is 49.7 Å². The molecule has 1 aliphatic heterocycles. The van der Waals surface area contributed by atoms with Crippen LogP contribution in [0, 0.1) is 6.92 Å². The van der Waals surface area contributed by atoms with E-state index in [1.165, 1.54) is 0 Å². The summed E-state index contributed by atoms with van der Waals surface area (Å²) in [6.07, 6.45) is 0. The minimum Gasteiger partial charge on any atom is -0.497 e. The molecule has 1 atom stereocenters. The van der Waals surface area contributed by atoms with Crippen molar-refractivity contribution in [2.75, 3.05) is 24.9 Å². The van der Waals surface area contributed by atoms with Gasteiger partial charge in [0, 0.05) is 22.5 Å². The lowest BCUT2D eigenvalue weighted by Crippen LogP contribution is -2.31. The SMILES string of the molecule is COc1ccc(OC)c(C2C(C(=O)Nc3ccccc3)=C(C)Nc3nc(-c4ccccc4C)nn32)c1. The number of methoxy groups -OCH3 is 2. The molecule has 2 heterocycles. The number of carbonyl (C=O) groups is 1. The molecule has 1 aliphatic rings. The lowest BCUT2D eigenvalue weighted by molar-refractivity contribution is -0.113. The van der Waals surface area contributed by atoms with Crippen molar-refractivity contribution in [1.82, 2.24) is 14.8 Å². The topological polar surface area (TPSA) is 90.3 Å². The van der Waals surface area contributed by atoms with Crippen LogP contribution in [0.15, 0.2) is 84.1 Å². The van der Waals surface area contributed by atoms with E-state index >= 15 is 0 Å². The third kappa shape index (κ3) is 4.17. The van der Waals surface area contributed by atoms with Gasteiger partial charge in [-0.1, -0.05) is 42.5 Å². The average molecular weight is 482 g/mol. The third-order valence-corrected chi connectivity index (χ3v) is 6.25. The molecule has 0 bridgehead atoms. The van der Waals surface area contributed by atoms with Crippen LogP contribution in [0.3, 0.4) is 0 Å². The number of hydrogen-bond donors (Lipinski definition) is 2. The van der Waals surface area contributed by atoms with E-state index in [2.05, 4.69) is 10.6 Å². The maximum Gasteiger partial charge on any atom is 0.255 e. The highest BCUT2D eigenvalue weighted by Gasteiger charge is 2.36. The number of carbonyl (C=O) groups excluding carboxylic acids is 1. The summed E-state index contributed by atoms with van der Waals surface area (Å²) in [5.41, 5.74) is 4.59. The van der Waals surface area contributed by atoms with Crippen molar-refractivity contribution in [3.05, 3.63) is 95.2 Å². The summed E-state index contributed by atoms with van der Waals surface area (Å²) in [4.78, 5) is 18.5. The van der Waals surface area contributed by atoms with Crippen LogP contribution in [0.2, 0.25) is 0 Å². The van der Waals surface area contributed by atoms with E-state index in [4.69, 9.17) is 19.6 Å². The van der Waals surface area contributed by atoms with Crippen molar-refractivity contribution in [1.29, 1.82) is 0 Å². The molecule has 36 heavy (non-hydrogen) atoms. The average Bonchev–Trinajstić information content (AvgIpc) is 3.31. The molecular formula is C28H27N5O3. The molecule has 8 heteroatoms. The zero-order valence-corrected chi connectivity index (χ0v) is 20.6. The number of anilines is 2. The Kier molecular flexibility index (Phi) is 6.16. The normalized spacial score (nSPS) is 14.6. The highest BCUT2D eigenvalue weighted by molar-refractivity contribution is 6.06. The van der Waals surface area contributed by atoms with Crippen LogP contribution in [0.5, 0.6) is 11.5 Å². The second kappa shape index (κ2) is 9.58. The van der Waals surface area contributed by atoms with Gasteiger partial charge in [-0.15, -0.1) is 5.10 Å². The Morgan fingerprint density at radius 2 is 1.72 bits per heavy atom. The summed E-state index contributed by atoms with van der Waals surface area (Å²) >= 11 is 0. The van der Waals surface area contributed by atoms with Gasteiger partial charge in [0.2, 0.25) is 5.95 Å². The quantitative estimate of drug-likeness (QED) is 0.394. The van der Waals surface area contributed by atoms with Crippen LogP contribution in [0.25, 0.3) is 11.4 Å². The van der Waals surface area contributed by atoms with Crippen molar-refractivity contribution < 1.29 is 14.3 Å². The fraction of sp³-hybridized carbons (Fsp3) is 0.179. The number of allylic oxidation sites excluding steroid dienone is 1. The molecule has 8 nitrogen and oxygen atoms in total. The maximum atomic E-state index is 13.7. The van der Waals surface area contributed by atoms with Gasteiger partial charge in [0.1, 0.15) is 17.5 Å². The summed E-state index contributed by atoms with van der Waals surface area (Å²) in [5, 5.41) is 11.2. The van der Waals surface area contributed by atoms with Crippen molar-refractivity contribution in [2.45, 2.75) is 19.9 Å². The van der Waals surface area contributed by atoms with E-state index in [0.717, 1.165) is 16.7 Å². The molecule has 0 saturated carbocycles. The summed E-state index contributed by atoms with van der Waals surface area (Å²) in [5.74, 6) is 2.11. The second-order valence-corrected chi connectivity index (χ2v) is 8.51. The van der Waals surface area contributed by atoms with Crippen LogP contribution in [-0.2, 0) is 4.79 Å². The summed E-state index contributed by atoms with van der Waals surface area (Å²) in [6, 6.07) is 22.2. The van der Waals surface area contributed by atoms with Gasteiger partial charge in [0.25, 0.3) is 5.91 Å². The number of benzene rings is 3. The number of hydrogen-bond acceptors (Lipinski definition) is 6. The minimum absolute atomic E-state index is 0.250. The molecule has 182 valence electrons. The lowest BCUT2D eigenvalue weighted by Gasteiger charge is -2.29. The van der Waals surface area contributed by atoms with Crippen LogP contribution < -0.4 is 20.1 Å². The molecule has 0 fully saturated rings. The number of aromatic nitrogens is 3. The monoisotopic (exact) mass is 481 g/mol. The first kappa shape index (κ1) is 23.2. The Morgan fingerprint density at radius 3 is 2.44 bits per heavy atom. The van der Waals surface area contributed by atoms with Gasteiger partial charge in [0.15, 0.2) is 5.82 Å². The van der Waals surface area contributed by atoms with E-state index in [-0.39, 0.29) is 5.91 Å². The summed E-state index contributed by atoms with van der Waals surface area (Å²) in [7, 11) is 3.21. The molecule has 0 spiro atoms. The van der Waals surface area contributed by atoms with Crippen LogP contribution in [0.4, 0.5) is 11.6 Å². The number of fused-ring (bicyclic) bond motifs is 1.